The van der Waals surface area contributed by atoms with Crippen LogP contribution in [0, 0.1) is 11.8 Å². The summed E-state index contributed by atoms with van der Waals surface area (Å²) in [7, 11) is 0. The average molecular weight is 186 g/mol. The molecule has 2 nitrogen and oxygen atoms in total. The molecule has 0 aliphatic heterocycles. The summed E-state index contributed by atoms with van der Waals surface area (Å²) in [6.07, 6.45) is 5.74. The van der Waals surface area contributed by atoms with Crippen molar-refractivity contribution in [3.63, 3.8) is 0 Å². The van der Waals surface area contributed by atoms with Crippen molar-refractivity contribution in [2.24, 2.45) is 11.8 Å². The van der Waals surface area contributed by atoms with E-state index >= 15 is 0 Å². The number of hydrogen-bond donors (Lipinski definition) is 1. The second-order valence-corrected chi connectivity index (χ2v) is 4.08. The predicted molar refractivity (Wildman–Crippen MR) is 54.7 cm³/mol. The van der Waals surface area contributed by atoms with E-state index in [1.165, 1.54) is 25.7 Å². The minimum atomic E-state index is -0.664. The molecule has 2 heteroatoms. The van der Waals surface area contributed by atoms with E-state index in [9.17, 15) is 4.79 Å². The van der Waals surface area contributed by atoms with Crippen molar-refractivity contribution in [2.45, 2.75) is 52.9 Å². The summed E-state index contributed by atoms with van der Waals surface area (Å²) in [4.78, 5) is 10.6. The van der Waals surface area contributed by atoms with Crippen molar-refractivity contribution in [1.82, 2.24) is 0 Å². The van der Waals surface area contributed by atoms with Gasteiger partial charge in [0.25, 0.3) is 0 Å². The summed E-state index contributed by atoms with van der Waals surface area (Å²) in [5.74, 6) is -0.295. The second kappa shape index (κ2) is 6.93. The highest BCUT2D eigenvalue weighted by Crippen LogP contribution is 2.18. The first-order valence-corrected chi connectivity index (χ1v) is 5.30. The molecule has 0 heterocycles. The molecule has 0 radical (unpaired) electrons. The Bertz CT molecular complexity index is 143. The molecule has 0 rings (SSSR count). The van der Waals surface area contributed by atoms with Crippen LogP contribution in [0.1, 0.15) is 52.9 Å². The molecule has 78 valence electrons. The summed E-state index contributed by atoms with van der Waals surface area (Å²) in [6.45, 7) is 6.12. The number of carboxylic acids is 1. The van der Waals surface area contributed by atoms with Crippen molar-refractivity contribution < 1.29 is 9.90 Å². The summed E-state index contributed by atoms with van der Waals surface area (Å²) >= 11 is 0. The van der Waals surface area contributed by atoms with Crippen LogP contribution in [0.3, 0.4) is 0 Å². The molecule has 0 amide bonds. The minimum Gasteiger partial charge on any atom is -0.481 e. The molecule has 0 aromatic rings. The lowest BCUT2D eigenvalue weighted by Crippen LogP contribution is -2.13. The maximum atomic E-state index is 10.6. The Morgan fingerprint density at radius 1 is 1.31 bits per heavy atom. The maximum Gasteiger partial charge on any atom is 0.306 e. The molecule has 1 N–H and O–H groups in total. The van der Waals surface area contributed by atoms with E-state index < -0.39 is 5.97 Å². The van der Waals surface area contributed by atoms with Gasteiger partial charge in [-0.2, -0.15) is 0 Å². The van der Waals surface area contributed by atoms with Gasteiger partial charge in [0.2, 0.25) is 0 Å². The predicted octanol–water partition coefficient (Wildman–Crippen LogP) is 3.31. The monoisotopic (exact) mass is 186 g/mol. The van der Waals surface area contributed by atoms with Gasteiger partial charge in [-0.3, -0.25) is 4.79 Å². The first-order chi connectivity index (χ1) is 6.07. The molecule has 0 spiro atoms. The molecule has 0 aromatic carbocycles. The highest BCUT2D eigenvalue weighted by molar-refractivity contribution is 5.69. The van der Waals surface area contributed by atoms with Gasteiger partial charge in [-0.15, -0.1) is 0 Å². The van der Waals surface area contributed by atoms with Gasteiger partial charge in [0.1, 0.15) is 0 Å². The Morgan fingerprint density at radius 3 is 2.38 bits per heavy atom. The molecular formula is C11H22O2. The Balaban J connectivity index is 3.49. The van der Waals surface area contributed by atoms with Gasteiger partial charge >= 0.3 is 5.97 Å². The lowest BCUT2D eigenvalue weighted by Gasteiger charge is -2.13. The zero-order valence-corrected chi connectivity index (χ0v) is 9.05. The highest BCUT2D eigenvalue weighted by atomic mass is 16.4. The fraction of sp³-hybridized carbons (Fsp3) is 0.909. The molecular weight excluding hydrogens is 164 g/mol. The molecule has 2 unspecified atom stereocenters. The number of carboxylic acid groups (broad SMARTS) is 1. The van der Waals surface area contributed by atoms with E-state index in [1.807, 2.05) is 0 Å². The van der Waals surface area contributed by atoms with Gasteiger partial charge in [0.05, 0.1) is 5.92 Å². The van der Waals surface area contributed by atoms with Crippen LogP contribution in [-0.4, -0.2) is 11.1 Å². The number of unbranched alkanes of at least 4 members (excludes halogenated alkanes) is 2. The van der Waals surface area contributed by atoms with Crippen LogP contribution >= 0.6 is 0 Å². The Hall–Kier alpha value is -0.530. The average Bonchev–Trinajstić information content (AvgIpc) is 2.04. The van der Waals surface area contributed by atoms with E-state index in [-0.39, 0.29) is 5.92 Å². The van der Waals surface area contributed by atoms with E-state index in [1.54, 1.807) is 6.92 Å². The quantitative estimate of drug-likeness (QED) is 0.619. The van der Waals surface area contributed by atoms with Crippen LogP contribution in [0.5, 0.6) is 0 Å². The molecule has 13 heavy (non-hydrogen) atoms. The van der Waals surface area contributed by atoms with E-state index in [4.69, 9.17) is 5.11 Å². The summed E-state index contributed by atoms with van der Waals surface area (Å²) in [6, 6.07) is 0. The number of aliphatic carboxylic acids is 1. The topological polar surface area (TPSA) is 37.3 Å². The third-order valence-electron chi connectivity index (χ3n) is 2.48. The zero-order chi connectivity index (χ0) is 10.3. The highest BCUT2D eigenvalue weighted by Gasteiger charge is 2.14. The third kappa shape index (κ3) is 6.62. The second-order valence-electron chi connectivity index (χ2n) is 4.08. The van der Waals surface area contributed by atoms with Crippen molar-refractivity contribution in [1.29, 1.82) is 0 Å². The van der Waals surface area contributed by atoms with Gasteiger partial charge in [0.15, 0.2) is 0 Å². The van der Waals surface area contributed by atoms with Gasteiger partial charge in [0, 0.05) is 0 Å². The zero-order valence-electron chi connectivity index (χ0n) is 9.05. The Morgan fingerprint density at radius 2 is 1.92 bits per heavy atom. The van der Waals surface area contributed by atoms with Gasteiger partial charge in [-0.25, -0.2) is 0 Å². The molecule has 0 fully saturated rings. The fourth-order valence-electron chi connectivity index (χ4n) is 1.57. The standard InChI is InChI=1S/C11H22O2/c1-4-5-6-7-9(2)8-10(3)11(12)13/h9-10H,4-8H2,1-3H3,(H,12,13). The Labute approximate surface area is 81.3 Å². The lowest BCUT2D eigenvalue weighted by atomic mass is 9.93. The number of rotatable bonds is 7. The third-order valence-corrected chi connectivity index (χ3v) is 2.48. The number of hydrogen-bond acceptors (Lipinski definition) is 1. The summed E-state index contributed by atoms with van der Waals surface area (Å²) in [5.41, 5.74) is 0. The van der Waals surface area contributed by atoms with E-state index in [2.05, 4.69) is 13.8 Å². The van der Waals surface area contributed by atoms with Crippen molar-refractivity contribution in [3.05, 3.63) is 0 Å². The molecule has 0 aliphatic carbocycles. The molecule has 0 aromatic heterocycles. The van der Waals surface area contributed by atoms with Crippen LogP contribution in [0.2, 0.25) is 0 Å². The molecule has 0 saturated heterocycles. The van der Waals surface area contributed by atoms with Crippen LogP contribution in [-0.2, 0) is 4.79 Å². The van der Waals surface area contributed by atoms with Crippen LogP contribution in [0.25, 0.3) is 0 Å². The van der Waals surface area contributed by atoms with Crippen molar-refractivity contribution in [3.8, 4) is 0 Å². The summed E-state index contributed by atoms with van der Waals surface area (Å²) in [5, 5.41) is 8.70. The van der Waals surface area contributed by atoms with Crippen molar-refractivity contribution in [2.75, 3.05) is 0 Å². The van der Waals surface area contributed by atoms with Crippen molar-refractivity contribution >= 4 is 5.97 Å². The SMILES string of the molecule is CCCCCC(C)CC(C)C(=O)O. The Kier molecular flexibility index (Phi) is 6.65. The van der Waals surface area contributed by atoms with Crippen LogP contribution in [0.4, 0.5) is 0 Å². The fourth-order valence-corrected chi connectivity index (χ4v) is 1.57. The van der Waals surface area contributed by atoms with Gasteiger partial charge in [-0.1, -0.05) is 46.5 Å². The molecule has 0 bridgehead atoms. The van der Waals surface area contributed by atoms with E-state index in [0.29, 0.717) is 5.92 Å². The lowest BCUT2D eigenvalue weighted by molar-refractivity contribution is -0.141. The first-order valence-electron chi connectivity index (χ1n) is 5.30. The summed E-state index contributed by atoms with van der Waals surface area (Å²) < 4.78 is 0. The van der Waals surface area contributed by atoms with Crippen LogP contribution in [0.15, 0.2) is 0 Å². The number of carbonyl (C=O) groups is 1. The first kappa shape index (κ1) is 12.5. The molecule has 2 atom stereocenters. The smallest absolute Gasteiger partial charge is 0.306 e. The van der Waals surface area contributed by atoms with Crippen LogP contribution < -0.4 is 0 Å². The normalized spacial score (nSPS) is 15.3. The molecule has 0 aliphatic rings. The minimum absolute atomic E-state index is 0.184. The largest absolute Gasteiger partial charge is 0.481 e. The van der Waals surface area contributed by atoms with E-state index in [0.717, 1.165) is 6.42 Å². The molecule has 0 saturated carbocycles. The maximum absolute atomic E-state index is 10.6. The van der Waals surface area contributed by atoms with Gasteiger partial charge in [-0.05, 0) is 12.3 Å². The van der Waals surface area contributed by atoms with Gasteiger partial charge < -0.3 is 5.11 Å².